The number of alkyl halides is 3. The maximum absolute atomic E-state index is 12.9. The lowest BCUT2D eigenvalue weighted by Gasteiger charge is -2.27. The van der Waals surface area contributed by atoms with Gasteiger partial charge in [-0.15, -0.1) is 13.2 Å². The quantitative estimate of drug-likeness (QED) is 0.426. The second kappa shape index (κ2) is 9.58. The van der Waals surface area contributed by atoms with Crippen LogP contribution in [0.25, 0.3) is 10.9 Å². The molecule has 0 saturated carbocycles. The molecule has 1 fully saturated rings. The van der Waals surface area contributed by atoms with E-state index in [9.17, 15) is 27.6 Å². The number of piperidine rings is 1. The van der Waals surface area contributed by atoms with Gasteiger partial charge in [0.2, 0.25) is 5.91 Å². The summed E-state index contributed by atoms with van der Waals surface area (Å²) >= 11 is 0. The standard InChI is InChI=1S/C24H22F3N3O4/c25-24(26,27)34-17-10-8-16(9-11-17)28-23(33)22(32)19-14-30(20-7-3-2-6-18(19)20)15-21(31)29-12-4-1-5-13-29/h2-3,6-11,14H,1,4-5,12-13,15H2,(H,28,33). The van der Waals surface area contributed by atoms with E-state index in [1.54, 1.807) is 33.7 Å². The number of fused-ring (bicyclic) bond motifs is 1. The van der Waals surface area contributed by atoms with Crippen molar-refractivity contribution in [3.63, 3.8) is 0 Å². The second-order valence-corrected chi connectivity index (χ2v) is 7.98. The molecule has 0 spiro atoms. The highest BCUT2D eigenvalue weighted by atomic mass is 19.4. The number of hydrogen-bond acceptors (Lipinski definition) is 4. The van der Waals surface area contributed by atoms with Crippen LogP contribution in [0.15, 0.2) is 54.7 Å². The van der Waals surface area contributed by atoms with E-state index >= 15 is 0 Å². The molecule has 178 valence electrons. The van der Waals surface area contributed by atoms with Crippen LogP contribution in [-0.2, 0) is 16.1 Å². The van der Waals surface area contributed by atoms with E-state index in [4.69, 9.17) is 0 Å². The van der Waals surface area contributed by atoms with Crippen molar-refractivity contribution in [1.29, 1.82) is 0 Å². The van der Waals surface area contributed by atoms with Gasteiger partial charge in [0, 0.05) is 35.9 Å². The van der Waals surface area contributed by atoms with Crippen molar-refractivity contribution in [3.8, 4) is 5.75 Å². The van der Waals surface area contributed by atoms with E-state index in [1.807, 2.05) is 0 Å². The normalized spacial score (nSPS) is 14.1. The monoisotopic (exact) mass is 473 g/mol. The van der Waals surface area contributed by atoms with Crippen LogP contribution in [0.1, 0.15) is 29.6 Å². The minimum absolute atomic E-state index is 0.0509. The molecule has 7 nitrogen and oxygen atoms in total. The summed E-state index contributed by atoms with van der Waals surface area (Å²) in [7, 11) is 0. The van der Waals surface area contributed by atoms with Crippen LogP contribution in [0.5, 0.6) is 5.75 Å². The summed E-state index contributed by atoms with van der Waals surface area (Å²) in [6, 6.07) is 11.4. The number of carbonyl (C=O) groups is 3. The van der Waals surface area contributed by atoms with Crippen LogP contribution in [0.4, 0.5) is 18.9 Å². The number of nitrogens with zero attached hydrogens (tertiary/aromatic N) is 2. The molecule has 2 aromatic carbocycles. The molecule has 1 saturated heterocycles. The van der Waals surface area contributed by atoms with Gasteiger partial charge in [0.15, 0.2) is 0 Å². The van der Waals surface area contributed by atoms with E-state index < -0.39 is 23.8 Å². The van der Waals surface area contributed by atoms with Crippen molar-refractivity contribution in [3.05, 3.63) is 60.3 Å². The molecule has 2 amide bonds. The minimum Gasteiger partial charge on any atom is -0.406 e. The molecular formula is C24H22F3N3O4. The second-order valence-electron chi connectivity index (χ2n) is 7.98. The van der Waals surface area contributed by atoms with E-state index in [0.717, 1.165) is 31.4 Å². The Balaban J connectivity index is 1.50. The van der Waals surface area contributed by atoms with Crippen LogP contribution in [0.2, 0.25) is 0 Å². The molecule has 34 heavy (non-hydrogen) atoms. The molecule has 10 heteroatoms. The first-order valence-corrected chi connectivity index (χ1v) is 10.8. The zero-order valence-corrected chi connectivity index (χ0v) is 18.1. The average Bonchev–Trinajstić information content (AvgIpc) is 3.18. The van der Waals surface area contributed by atoms with Crippen LogP contribution >= 0.6 is 0 Å². The number of amides is 2. The smallest absolute Gasteiger partial charge is 0.406 e. The fourth-order valence-corrected chi connectivity index (χ4v) is 4.00. The Morgan fingerprint density at radius 1 is 0.941 bits per heavy atom. The van der Waals surface area contributed by atoms with Gasteiger partial charge < -0.3 is 19.5 Å². The number of benzene rings is 2. The first-order chi connectivity index (χ1) is 16.2. The van der Waals surface area contributed by atoms with Gasteiger partial charge in [0.1, 0.15) is 12.3 Å². The predicted molar refractivity (Wildman–Crippen MR) is 118 cm³/mol. The molecule has 1 aliphatic rings. The molecule has 0 atom stereocenters. The molecule has 0 aliphatic carbocycles. The van der Waals surface area contributed by atoms with Gasteiger partial charge in [-0.25, -0.2) is 0 Å². The Hall–Kier alpha value is -3.82. The predicted octanol–water partition coefficient (Wildman–Crippen LogP) is 4.37. The summed E-state index contributed by atoms with van der Waals surface area (Å²) in [6.07, 6.45) is -0.308. The van der Waals surface area contributed by atoms with Crippen LogP contribution in [0, 0.1) is 0 Å². The van der Waals surface area contributed by atoms with Crippen LogP contribution in [0.3, 0.4) is 0 Å². The van der Waals surface area contributed by atoms with Gasteiger partial charge in [-0.3, -0.25) is 14.4 Å². The lowest BCUT2D eigenvalue weighted by Crippen LogP contribution is -2.37. The van der Waals surface area contributed by atoms with Crippen LogP contribution < -0.4 is 10.1 Å². The maximum atomic E-state index is 12.9. The number of likely N-dealkylation sites (tertiary alicyclic amines) is 1. The molecule has 3 aromatic rings. The molecule has 0 radical (unpaired) electrons. The zero-order valence-electron chi connectivity index (χ0n) is 18.1. The number of ether oxygens (including phenoxy) is 1. The fraction of sp³-hybridized carbons (Fsp3) is 0.292. The van der Waals surface area contributed by atoms with Gasteiger partial charge >= 0.3 is 6.36 Å². The summed E-state index contributed by atoms with van der Waals surface area (Å²) in [5.41, 5.74) is 0.922. The molecule has 1 N–H and O–H groups in total. The number of Topliss-reactive ketones (excluding diaryl/α,β-unsaturated/α-hetero) is 1. The summed E-state index contributed by atoms with van der Waals surface area (Å²) < 4.78 is 42.3. The first kappa shape index (κ1) is 23.3. The number of rotatable bonds is 6. The highest BCUT2D eigenvalue weighted by Crippen LogP contribution is 2.25. The number of aromatic nitrogens is 1. The molecule has 0 bridgehead atoms. The first-order valence-electron chi connectivity index (χ1n) is 10.8. The minimum atomic E-state index is -4.83. The van der Waals surface area contributed by atoms with Crippen molar-refractivity contribution in [2.45, 2.75) is 32.2 Å². The Morgan fingerprint density at radius 3 is 2.29 bits per heavy atom. The van der Waals surface area contributed by atoms with E-state index in [1.165, 1.54) is 18.3 Å². The highest BCUT2D eigenvalue weighted by molar-refractivity contribution is 6.48. The van der Waals surface area contributed by atoms with Gasteiger partial charge in [-0.05, 0) is 49.6 Å². The largest absolute Gasteiger partial charge is 0.573 e. The lowest BCUT2D eigenvalue weighted by atomic mass is 10.1. The highest BCUT2D eigenvalue weighted by Gasteiger charge is 2.31. The van der Waals surface area contributed by atoms with Crippen molar-refractivity contribution in [2.24, 2.45) is 0 Å². The third-order valence-corrected chi connectivity index (χ3v) is 5.60. The topological polar surface area (TPSA) is 80.6 Å². The average molecular weight is 473 g/mol. The van der Waals surface area contributed by atoms with Gasteiger partial charge in [-0.1, -0.05) is 18.2 Å². The summed E-state index contributed by atoms with van der Waals surface area (Å²) in [4.78, 5) is 40.1. The van der Waals surface area contributed by atoms with E-state index in [0.29, 0.717) is 24.0 Å². The zero-order chi connectivity index (χ0) is 24.3. The number of carbonyl (C=O) groups excluding carboxylic acids is 3. The lowest BCUT2D eigenvalue weighted by molar-refractivity contribution is -0.274. The summed E-state index contributed by atoms with van der Waals surface area (Å²) in [5, 5.41) is 2.92. The Morgan fingerprint density at radius 2 is 1.62 bits per heavy atom. The molecule has 1 aliphatic heterocycles. The third-order valence-electron chi connectivity index (χ3n) is 5.60. The van der Waals surface area contributed by atoms with E-state index in [-0.39, 0.29) is 23.7 Å². The molecule has 4 rings (SSSR count). The number of nitrogens with one attached hydrogen (secondary N) is 1. The summed E-state index contributed by atoms with van der Waals surface area (Å²) in [5.74, 6) is -2.27. The van der Waals surface area contributed by atoms with Crippen molar-refractivity contribution in [1.82, 2.24) is 9.47 Å². The van der Waals surface area contributed by atoms with Crippen molar-refractivity contribution in [2.75, 3.05) is 18.4 Å². The van der Waals surface area contributed by atoms with Crippen LogP contribution in [-0.4, -0.2) is 46.5 Å². The van der Waals surface area contributed by atoms with Gasteiger partial charge in [0.05, 0.1) is 5.56 Å². The van der Waals surface area contributed by atoms with Gasteiger partial charge in [0.25, 0.3) is 11.7 Å². The SMILES string of the molecule is O=C(Nc1ccc(OC(F)(F)F)cc1)C(=O)c1cn(CC(=O)N2CCCCC2)c2ccccc12. The number of para-hydroxylation sites is 1. The number of halogens is 3. The molecule has 2 heterocycles. The summed E-state index contributed by atoms with van der Waals surface area (Å²) in [6.45, 7) is 1.47. The number of anilines is 1. The molecular weight excluding hydrogens is 451 g/mol. The molecule has 1 aromatic heterocycles. The Kier molecular flexibility index (Phi) is 6.58. The van der Waals surface area contributed by atoms with E-state index in [2.05, 4.69) is 10.1 Å². The van der Waals surface area contributed by atoms with Crippen molar-refractivity contribution >= 4 is 34.2 Å². The maximum Gasteiger partial charge on any atom is 0.573 e. The number of ketones is 1. The Bertz CT molecular complexity index is 1210. The Labute approximate surface area is 193 Å². The van der Waals surface area contributed by atoms with Gasteiger partial charge in [-0.2, -0.15) is 0 Å². The number of hydrogen-bond donors (Lipinski definition) is 1. The fourth-order valence-electron chi connectivity index (χ4n) is 4.00. The van der Waals surface area contributed by atoms with Crippen molar-refractivity contribution < 1.29 is 32.3 Å². The molecule has 0 unspecified atom stereocenters. The third kappa shape index (κ3) is 5.38.